The fourth-order valence-corrected chi connectivity index (χ4v) is 6.70. The number of hydrogen-bond donors (Lipinski definition) is 0. The lowest BCUT2D eigenvalue weighted by Gasteiger charge is -2.53. The molecule has 26 heavy (non-hydrogen) atoms. The van der Waals surface area contributed by atoms with E-state index in [1.54, 1.807) is 18.8 Å². The first-order valence-corrected chi connectivity index (χ1v) is 10.00. The summed E-state index contributed by atoms with van der Waals surface area (Å²) in [6, 6.07) is 0. The van der Waals surface area contributed by atoms with Crippen LogP contribution in [0.25, 0.3) is 0 Å². The molecule has 0 radical (unpaired) electrons. The van der Waals surface area contributed by atoms with Crippen LogP contribution in [0.4, 0.5) is 0 Å². The van der Waals surface area contributed by atoms with Crippen LogP contribution in [0, 0.1) is 22.7 Å². The molecule has 3 nitrogen and oxygen atoms in total. The Balaban J connectivity index is 1.55. The zero-order valence-electron chi connectivity index (χ0n) is 16.0. The van der Waals surface area contributed by atoms with Gasteiger partial charge in [-0.2, -0.15) is 0 Å². The van der Waals surface area contributed by atoms with E-state index < -0.39 is 0 Å². The number of esters is 1. The van der Waals surface area contributed by atoms with E-state index in [1.807, 2.05) is 0 Å². The predicted molar refractivity (Wildman–Crippen MR) is 100 cm³/mol. The molecule has 1 saturated carbocycles. The summed E-state index contributed by atoms with van der Waals surface area (Å²) in [5.74, 6) is 2.10. The predicted octanol–water partition coefficient (Wildman–Crippen LogP) is 4.86. The number of carbonyl (C=O) groups is 1. The third-order valence-corrected chi connectivity index (χ3v) is 8.33. The van der Waals surface area contributed by atoms with Gasteiger partial charge in [0.25, 0.3) is 0 Å². The molecule has 0 N–H and O–H groups in total. The lowest BCUT2D eigenvalue weighted by molar-refractivity contribution is -0.156. The molecule has 4 aliphatic carbocycles. The van der Waals surface area contributed by atoms with Crippen molar-refractivity contribution in [2.24, 2.45) is 22.7 Å². The van der Waals surface area contributed by atoms with Gasteiger partial charge < -0.3 is 9.47 Å². The van der Waals surface area contributed by atoms with Crippen molar-refractivity contribution in [2.45, 2.75) is 58.0 Å². The monoisotopic (exact) mass is 352 g/mol. The van der Waals surface area contributed by atoms with E-state index in [-0.39, 0.29) is 22.4 Å². The Morgan fingerprint density at radius 2 is 2.08 bits per heavy atom. The Labute approximate surface area is 155 Å². The second-order valence-corrected chi connectivity index (χ2v) is 9.22. The van der Waals surface area contributed by atoms with Crippen LogP contribution in [0.2, 0.25) is 0 Å². The first kappa shape index (κ1) is 16.4. The standard InChI is InChI=1S/C23H28O3/c1-21-10-6-16(25-3)14-15(21)4-5-17-18(21)7-11-22(2)19(17)8-12-23(22)13-9-20(24)26-23/h4,7,9,13-14,17,19H,5-6,8,10-12H2,1-3H3/t17?,19?,21-,22-,23+/m0/s1. The summed E-state index contributed by atoms with van der Waals surface area (Å²) < 4.78 is 11.4. The highest BCUT2D eigenvalue weighted by Crippen LogP contribution is 2.66. The molecule has 0 amide bonds. The molecule has 2 unspecified atom stereocenters. The van der Waals surface area contributed by atoms with Gasteiger partial charge in [0.05, 0.1) is 12.9 Å². The fourth-order valence-electron chi connectivity index (χ4n) is 6.70. The van der Waals surface area contributed by atoms with E-state index in [2.05, 4.69) is 38.2 Å². The molecule has 138 valence electrons. The van der Waals surface area contributed by atoms with Gasteiger partial charge in [-0.1, -0.05) is 31.6 Å². The summed E-state index contributed by atoms with van der Waals surface area (Å²) in [5, 5.41) is 0. The van der Waals surface area contributed by atoms with Crippen molar-refractivity contribution >= 4 is 5.97 Å². The molecule has 5 rings (SSSR count). The summed E-state index contributed by atoms with van der Waals surface area (Å²) >= 11 is 0. The van der Waals surface area contributed by atoms with E-state index in [0.29, 0.717) is 11.8 Å². The number of ether oxygens (including phenoxy) is 2. The number of rotatable bonds is 1. The number of allylic oxidation sites excluding steroid dienone is 6. The lowest BCUT2D eigenvalue weighted by Crippen LogP contribution is -2.50. The molecule has 0 aromatic carbocycles. The minimum absolute atomic E-state index is 0.0216. The second-order valence-electron chi connectivity index (χ2n) is 9.22. The maximum Gasteiger partial charge on any atom is 0.331 e. The molecule has 1 aliphatic heterocycles. The smallest absolute Gasteiger partial charge is 0.331 e. The molecular formula is C23H28O3. The highest BCUT2D eigenvalue weighted by atomic mass is 16.6. The Morgan fingerprint density at radius 3 is 2.81 bits per heavy atom. The molecule has 0 aromatic heterocycles. The Kier molecular flexibility index (Phi) is 3.25. The van der Waals surface area contributed by atoms with Crippen LogP contribution < -0.4 is 0 Å². The molecule has 0 aromatic rings. The SMILES string of the molecule is COC1=CC2=CCC3C(=CC[C@@]4(C)C3CC[C@@]43C=CC(=O)O3)[C@@]2(C)CC1. The van der Waals surface area contributed by atoms with E-state index >= 15 is 0 Å². The highest BCUT2D eigenvalue weighted by molar-refractivity contribution is 5.85. The summed E-state index contributed by atoms with van der Waals surface area (Å²) in [4.78, 5) is 11.8. The van der Waals surface area contributed by atoms with Crippen molar-refractivity contribution < 1.29 is 14.3 Å². The van der Waals surface area contributed by atoms with Gasteiger partial charge >= 0.3 is 5.97 Å². The van der Waals surface area contributed by atoms with E-state index in [9.17, 15) is 4.79 Å². The van der Waals surface area contributed by atoms with Crippen LogP contribution in [-0.2, 0) is 14.3 Å². The van der Waals surface area contributed by atoms with Crippen LogP contribution in [-0.4, -0.2) is 18.7 Å². The number of carbonyl (C=O) groups excluding carboxylic acids is 1. The normalized spacial score (nSPS) is 46.0. The van der Waals surface area contributed by atoms with E-state index in [1.165, 1.54) is 5.57 Å². The molecule has 5 atom stereocenters. The Morgan fingerprint density at radius 1 is 1.23 bits per heavy atom. The molecule has 1 heterocycles. The molecule has 5 aliphatic rings. The topological polar surface area (TPSA) is 35.5 Å². The second kappa shape index (κ2) is 5.15. The molecule has 1 spiro atoms. The van der Waals surface area contributed by atoms with E-state index in [0.717, 1.165) is 44.3 Å². The summed E-state index contributed by atoms with van der Waals surface area (Å²) in [5.41, 5.74) is 2.86. The molecule has 1 fully saturated rings. The zero-order chi connectivity index (χ0) is 18.2. The van der Waals surface area contributed by atoms with Crippen LogP contribution in [0.1, 0.15) is 52.4 Å². The quantitative estimate of drug-likeness (QED) is 0.499. The van der Waals surface area contributed by atoms with Crippen molar-refractivity contribution in [2.75, 3.05) is 7.11 Å². The summed E-state index contributed by atoms with van der Waals surface area (Å²) in [6.45, 7) is 4.77. The molecule has 0 saturated heterocycles. The largest absolute Gasteiger partial charge is 0.501 e. The Bertz CT molecular complexity index is 800. The lowest BCUT2D eigenvalue weighted by atomic mass is 9.52. The average molecular weight is 352 g/mol. The van der Waals surface area contributed by atoms with Gasteiger partial charge in [0.2, 0.25) is 0 Å². The number of methoxy groups -OCH3 is 1. The summed E-state index contributed by atoms with van der Waals surface area (Å²) in [7, 11) is 1.78. The summed E-state index contributed by atoms with van der Waals surface area (Å²) in [6.07, 6.45) is 17.3. The van der Waals surface area contributed by atoms with Crippen molar-refractivity contribution in [3.8, 4) is 0 Å². The molecular weight excluding hydrogens is 324 g/mol. The maximum absolute atomic E-state index is 11.8. The minimum Gasteiger partial charge on any atom is -0.501 e. The average Bonchev–Trinajstić information content (AvgIpc) is 3.15. The van der Waals surface area contributed by atoms with E-state index in [4.69, 9.17) is 9.47 Å². The van der Waals surface area contributed by atoms with Gasteiger partial charge in [-0.05, 0) is 61.7 Å². The zero-order valence-corrected chi connectivity index (χ0v) is 16.0. The first-order valence-electron chi connectivity index (χ1n) is 10.00. The van der Waals surface area contributed by atoms with Crippen molar-refractivity contribution in [3.63, 3.8) is 0 Å². The van der Waals surface area contributed by atoms with Crippen molar-refractivity contribution in [3.05, 3.63) is 47.3 Å². The maximum atomic E-state index is 11.8. The van der Waals surface area contributed by atoms with Gasteiger partial charge in [-0.3, -0.25) is 0 Å². The minimum atomic E-state index is -0.378. The third kappa shape index (κ3) is 1.87. The van der Waals surface area contributed by atoms with Crippen molar-refractivity contribution in [1.29, 1.82) is 0 Å². The Hall–Kier alpha value is -1.77. The van der Waals surface area contributed by atoms with Crippen molar-refractivity contribution in [1.82, 2.24) is 0 Å². The number of hydrogen-bond acceptors (Lipinski definition) is 3. The van der Waals surface area contributed by atoms with Gasteiger partial charge in [0.15, 0.2) is 0 Å². The third-order valence-electron chi connectivity index (χ3n) is 8.33. The first-order chi connectivity index (χ1) is 12.4. The van der Waals surface area contributed by atoms with Gasteiger partial charge in [0, 0.05) is 23.3 Å². The highest BCUT2D eigenvalue weighted by Gasteiger charge is 2.63. The van der Waals surface area contributed by atoms with Crippen LogP contribution in [0.5, 0.6) is 0 Å². The number of fused-ring (bicyclic) bond motifs is 6. The van der Waals surface area contributed by atoms with Crippen LogP contribution in [0.3, 0.4) is 0 Å². The molecule has 3 heteroatoms. The van der Waals surface area contributed by atoms with Crippen LogP contribution in [0.15, 0.2) is 47.3 Å². The molecule has 0 bridgehead atoms. The van der Waals surface area contributed by atoms with Gasteiger partial charge in [-0.15, -0.1) is 0 Å². The fraction of sp³-hybridized carbons (Fsp3) is 0.609. The van der Waals surface area contributed by atoms with Gasteiger partial charge in [0.1, 0.15) is 5.60 Å². The van der Waals surface area contributed by atoms with Crippen LogP contribution >= 0.6 is 0 Å². The van der Waals surface area contributed by atoms with Gasteiger partial charge in [-0.25, -0.2) is 4.79 Å².